The fourth-order valence-electron chi connectivity index (χ4n) is 3.86. The number of carbonyl (C=O) groups is 2. The third-order valence-corrected chi connectivity index (χ3v) is 7.76. The molecule has 0 unspecified atom stereocenters. The first-order valence-corrected chi connectivity index (χ1v) is 15.1. The van der Waals surface area contributed by atoms with Crippen LogP contribution in [0.15, 0.2) is 102 Å². The van der Waals surface area contributed by atoms with Gasteiger partial charge in [0, 0.05) is 52.2 Å². The van der Waals surface area contributed by atoms with Gasteiger partial charge in [-0.05, 0) is 78.9 Å². The number of urea groups is 1. The maximum absolute atomic E-state index is 13.0. The molecule has 4 N–H and O–H groups in total. The maximum atomic E-state index is 13.0. The van der Waals surface area contributed by atoms with E-state index in [1.807, 2.05) is 11.4 Å². The lowest BCUT2D eigenvalue weighted by molar-refractivity contribution is 0.102. The lowest BCUT2D eigenvalue weighted by Gasteiger charge is -2.13. The number of amides is 3. The molecule has 0 radical (unpaired) electrons. The zero-order valence-corrected chi connectivity index (χ0v) is 23.6. The summed E-state index contributed by atoms with van der Waals surface area (Å²) in [7, 11) is -3.60. The molecule has 42 heavy (non-hydrogen) atoms. The van der Waals surface area contributed by atoms with Gasteiger partial charge in [0.2, 0.25) is 0 Å². The van der Waals surface area contributed by atoms with Gasteiger partial charge in [0.15, 0.2) is 15.0 Å². The van der Waals surface area contributed by atoms with Gasteiger partial charge in [-0.2, -0.15) is 0 Å². The van der Waals surface area contributed by atoms with Crippen molar-refractivity contribution in [2.24, 2.45) is 0 Å². The molecule has 13 heteroatoms. The first-order valence-electron chi connectivity index (χ1n) is 12.4. The standard InChI is InChI=1S/C29H23FN6O4S2/c1-42(39,40)26-13-12-23(15-24(26)35-29-36-25(17-41-29)19-3-2-14-31-16-19)32-27(37)18-4-8-21(9-5-18)33-28(38)34-22-10-6-20(30)7-11-22/h2-17H,1H3,(H,32,37)(H,35,36)(H2,33,34,38). The number of halogens is 1. The zero-order chi connectivity index (χ0) is 29.7. The molecular formula is C29H23FN6O4S2. The lowest BCUT2D eigenvalue weighted by atomic mass is 10.2. The predicted octanol–water partition coefficient (Wildman–Crippen LogP) is 6.39. The monoisotopic (exact) mass is 602 g/mol. The molecule has 10 nitrogen and oxygen atoms in total. The second-order valence-corrected chi connectivity index (χ2v) is 11.8. The van der Waals surface area contributed by atoms with Gasteiger partial charge in [-0.25, -0.2) is 22.6 Å². The van der Waals surface area contributed by atoms with Crippen molar-refractivity contribution in [3.8, 4) is 11.3 Å². The van der Waals surface area contributed by atoms with E-state index >= 15 is 0 Å². The van der Waals surface area contributed by atoms with E-state index in [1.54, 1.807) is 30.6 Å². The van der Waals surface area contributed by atoms with Crippen LogP contribution in [0.1, 0.15) is 10.4 Å². The third kappa shape index (κ3) is 7.13. The second kappa shape index (κ2) is 12.2. The molecule has 0 atom stereocenters. The molecule has 0 saturated heterocycles. The summed E-state index contributed by atoms with van der Waals surface area (Å²) in [5.74, 6) is -0.855. The smallest absolute Gasteiger partial charge is 0.323 e. The van der Waals surface area contributed by atoms with E-state index in [4.69, 9.17) is 0 Å². The number of pyridine rings is 1. The quantitative estimate of drug-likeness (QED) is 0.161. The highest BCUT2D eigenvalue weighted by Crippen LogP contribution is 2.32. The van der Waals surface area contributed by atoms with Gasteiger partial charge in [-0.1, -0.05) is 0 Å². The number of hydrogen-bond donors (Lipinski definition) is 4. The molecule has 5 rings (SSSR count). The summed E-state index contributed by atoms with van der Waals surface area (Å²) in [6, 6.07) is 19.1. The number of rotatable bonds is 8. The number of nitrogens with one attached hydrogen (secondary N) is 4. The van der Waals surface area contributed by atoms with Crippen LogP contribution in [0, 0.1) is 5.82 Å². The van der Waals surface area contributed by atoms with Crippen molar-refractivity contribution in [1.29, 1.82) is 0 Å². The van der Waals surface area contributed by atoms with Crippen LogP contribution in [-0.4, -0.2) is 36.6 Å². The fourth-order valence-corrected chi connectivity index (χ4v) is 5.41. The highest BCUT2D eigenvalue weighted by molar-refractivity contribution is 7.90. The van der Waals surface area contributed by atoms with Gasteiger partial charge in [0.05, 0.1) is 16.3 Å². The average Bonchev–Trinajstić information content (AvgIpc) is 3.43. The second-order valence-electron chi connectivity index (χ2n) is 9.01. The summed E-state index contributed by atoms with van der Waals surface area (Å²) in [5, 5.41) is 13.3. The van der Waals surface area contributed by atoms with E-state index in [0.717, 1.165) is 11.8 Å². The molecule has 2 aromatic heterocycles. The molecule has 0 bridgehead atoms. The fraction of sp³-hybridized carbons (Fsp3) is 0.0345. The third-order valence-electron chi connectivity index (χ3n) is 5.85. The Labute approximate surface area is 244 Å². The van der Waals surface area contributed by atoms with Crippen molar-refractivity contribution >= 4 is 61.0 Å². The van der Waals surface area contributed by atoms with Gasteiger partial charge in [-0.3, -0.25) is 9.78 Å². The van der Waals surface area contributed by atoms with Crippen LogP contribution in [0.5, 0.6) is 0 Å². The van der Waals surface area contributed by atoms with Gasteiger partial charge >= 0.3 is 6.03 Å². The van der Waals surface area contributed by atoms with Crippen LogP contribution < -0.4 is 21.3 Å². The van der Waals surface area contributed by atoms with E-state index in [0.29, 0.717) is 33.5 Å². The molecule has 0 aliphatic carbocycles. The van der Waals surface area contributed by atoms with Crippen LogP contribution in [0.4, 0.5) is 37.1 Å². The number of aromatic nitrogens is 2. The summed E-state index contributed by atoms with van der Waals surface area (Å²) < 4.78 is 37.9. The summed E-state index contributed by atoms with van der Waals surface area (Å²) in [5.41, 5.74) is 3.29. The Bertz CT molecular complexity index is 1850. The van der Waals surface area contributed by atoms with Gasteiger partial charge < -0.3 is 21.3 Å². The minimum Gasteiger partial charge on any atom is -0.330 e. The summed E-state index contributed by atoms with van der Waals surface area (Å²) in [6.45, 7) is 0. The van der Waals surface area contributed by atoms with Crippen LogP contribution in [0.25, 0.3) is 11.3 Å². The van der Waals surface area contributed by atoms with Gasteiger partial charge in [-0.15, -0.1) is 11.3 Å². The molecule has 0 saturated carbocycles. The molecule has 3 aromatic carbocycles. The topological polar surface area (TPSA) is 142 Å². The Morgan fingerprint density at radius 3 is 2.17 bits per heavy atom. The van der Waals surface area contributed by atoms with Crippen LogP contribution in [0.2, 0.25) is 0 Å². The molecule has 3 amide bonds. The molecule has 0 aliphatic rings. The molecule has 0 spiro atoms. The average molecular weight is 603 g/mol. The summed E-state index contributed by atoms with van der Waals surface area (Å²) >= 11 is 1.30. The number of anilines is 5. The number of thiazole rings is 1. The van der Waals surface area contributed by atoms with Crippen LogP contribution in [-0.2, 0) is 9.84 Å². The largest absolute Gasteiger partial charge is 0.330 e. The number of hydrogen-bond acceptors (Lipinski definition) is 8. The number of nitrogens with zero attached hydrogens (tertiary/aromatic N) is 2. The first-order chi connectivity index (χ1) is 20.1. The highest BCUT2D eigenvalue weighted by atomic mass is 32.2. The predicted molar refractivity (Wildman–Crippen MR) is 162 cm³/mol. The maximum Gasteiger partial charge on any atom is 0.323 e. The van der Waals surface area contributed by atoms with E-state index in [1.165, 1.54) is 65.9 Å². The number of carbonyl (C=O) groups excluding carboxylic acids is 2. The van der Waals surface area contributed by atoms with E-state index < -0.39 is 27.6 Å². The Morgan fingerprint density at radius 1 is 0.857 bits per heavy atom. The minimum absolute atomic E-state index is 0.0490. The van der Waals surface area contributed by atoms with E-state index in [-0.39, 0.29) is 10.6 Å². The Balaban J connectivity index is 1.27. The normalized spacial score (nSPS) is 11.0. The lowest BCUT2D eigenvalue weighted by Crippen LogP contribution is -2.19. The highest BCUT2D eigenvalue weighted by Gasteiger charge is 2.17. The Kier molecular flexibility index (Phi) is 8.22. The summed E-state index contributed by atoms with van der Waals surface area (Å²) in [4.78, 5) is 33.8. The Hall–Kier alpha value is -5.14. The van der Waals surface area contributed by atoms with Crippen molar-refractivity contribution in [3.05, 3.63) is 108 Å². The van der Waals surface area contributed by atoms with E-state index in [2.05, 4.69) is 31.2 Å². The molecule has 5 aromatic rings. The van der Waals surface area contributed by atoms with Gasteiger partial charge in [0.1, 0.15) is 5.82 Å². The van der Waals surface area contributed by atoms with Crippen LogP contribution >= 0.6 is 11.3 Å². The molecular weight excluding hydrogens is 579 g/mol. The van der Waals surface area contributed by atoms with E-state index in [9.17, 15) is 22.4 Å². The SMILES string of the molecule is CS(=O)(=O)c1ccc(NC(=O)c2ccc(NC(=O)Nc3ccc(F)cc3)cc2)cc1Nc1nc(-c2cccnc2)cs1. The molecule has 0 fully saturated rings. The molecule has 2 heterocycles. The van der Waals surface area contributed by atoms with Crippen molar-refractivity contribution < 1.29 is 22.4 Å². The first kappa shape index (κ1) is 28.4. The van der Waals surface area contributed by atoms with Crippen molar-refractivity contribution in [2.45, 2.75) is 4.90 Å². The van der Waals surface area contributed by atoms with Crippen LogP contribution in [0.3, 0.4) is 0 Å². The number of benzene rings is 3. The van der Waals surface area contributed by atoms with Crippen molar-refractivity contribution in [3.63, 3.8) is 0 Å². The zero-order valence-electron chi connectivity index (χ0n) is 22.0. The van der Waals surface area contributed by atoms with Crippen molar-refractivity contribution in [2.75, 3.05) is 27.5 Å². The molecule has 212 valence electrons. The van der Waals surface area contributed by atoms with Gasteiger partial charge in [0.25, 0.3) is 5.91 Å². The summed E-state index contributed by atoms with van der Waals surface area (Å²) in [6.07, 6.45) is 4.45. The molecule has 0 aliphatic heterocycles. The minimum atomic E-state index is -3.60. The number of sulfone groups is 1. The van der Waals surface area contributed by atoms with Crippen molar-refractivity contribution in [1.82, 2.24) is 9.97 Å². The Morgan fingerprint density at radius 2 is 1.52 bits per heavy atom.